The lowest BCUT2D eigenvalue weighted by Crippen LogP contribution is -2.64. The van der Waals surface area contributed by atoms with Gasteiger partial charge in [0.1, 0.15) is 17.0 Å². The molecule has 34 heavy (non-hydrogen) atoms. The first kappa shape index (κ1) is 24.3. The van der Waals surface area contributed by atoms with Crippen molar-refractivity contribution in [2.45, 2.75) is 96.3 Å². The van der Waals surface area contributed by atoms with Crippen LogP contribution in [0.25, 0.3) is 0 Å². The van der Waals surface area contributed by atoms with Crippen LogP contribution in [0.4, 0.5) is 0 Å². The molecule has 1 N–H and O–H groups in total. The van der Waals surface area contributed by atoms with Crippen molar-refractivity contribution in [3.63, 3.8) is 0 Å². The Kier molecular flexibility index (Phi) is 7.29. The summed E-state index contributed by atoms with van der Waals surface area (Å²) in [6, 6.07) is 9.71. The fourth-order valence-electron chi connectivity index (χ4n) is 5.09. The number of fused-ring (bicyclic) bond motifs is 1. The molecule has 1 aromatic heterocycles. The maximum atomic E-state index is 13.8. The van der Waals surface area contributed by atoms with Gasteiger partial charge in [0.2, 0.25) is 5.91 Å². The van der Waals surface area contributed by atoms with E-state index in [1.165, 1.54) is 19.3 Å². The molecule has 1 saturated carbocycles. The summed E-state index contributed by atoms with van der Waals surface area (Å²) >= 11 is 0. The second-order valence-corrected chi connectivity index (χ2v) is 10.3. The molecule has 1 fully saturated rings. The number of ether oxygens (including phenoxy) is 1. The van der Waals surface area contributed by atoms with Crippen molar-refractivity contribution in [1.82, 2.24) is 20.0 Å². The van der Waals surface area contributed by atoms with E-state index < -0.39 is 5.54 Å². The van der Waals surface area contributed by atoms with Crippen LogP contribution in [0.5, 0.6) is 5.75 Å². The predicted molar refractivity (Wildman–Crippen MR) is 132 cm³/mol. The molecule has 2 aliphatic rings. The third-order valence-electron chi connectivity index (χ3n) is 7.31. The molecule has 1 aliphatic carbocycles. The highest BCUT2D eigenvalue weighted by molar-refractivity contribution is 5.99. The van der Waals surface area contributed by atoms with Crippen LogP contribution in [0, 0.1) is 0 Å². The van der Waals surface area contributed by atoms with Gasteiger partial charge in [0.15, 0.2) is 0 Å². The predicted octanol–water partition coefficient (Wildman–Crippen LogP) is 4.66. The highest BCUT2D eigenvalue weighted by atomic mass is 16.5. The molecule has 0 saturated heterocycles. The van der Waals surface area contributed by atoms with Gasteiger partial charge in [0.05, 0.1) is 19.3 Å². The Balaban J connectivity index is 1.66. The fraction of sp³-hybridized carbons (Fsp3) is 0.593. The summed E-state index contributed by atoms with van der Waals surface area (Å²) in [5.41, 5.74) is 1.29. The summed E-state index contributed by atoms with van der Waals surface area (Å²) in [5, 5.41) is 8.01. The van der Waals surface area contributed by atoms with Gasteiger partial charge < -0.3 is 15.0 Å². The number of benzene rings is 1. The van der Waals surface area contributed by atoms with Crippen LogP contribution < -0.4 is 10.1 Å². The molecular weight excluding hydrogens is 428 g/mol. The molecule has 1 atom stereocenters. The van der Waals surface area contributed by atoms with E-state index >= 15 is 0 Å². The third kappa shape index (κ3) is 4.98. The van der Waals surface area contributed by atoms with Crippen molar-refractivity contribution in [1.29, 1.82) is 0 Å². The number of hydrogen-bond acceptors (Lipinski definition) is 4. The first-order valence-electron chi connectivity index (χ1n) is 12.7. The normalized spacial score (nSPS) is 21.7. The third-order valence-corrected chi connectivity index (χ3v) is 7.31. The number of carbonyl (C=O) groups excluding carboxylic acids is 2. The molecule has 184 valence electrons. The highest BCUT2D eigenvalue weighted by Crippen LogP contribution is 2.31. The zero-order valence-corrected chi connectivity index (χ0v) is 21.0. The summed E-state index contributed by atoms with van der Waals surface area (Å²) in [7, 11) is 1.63. The molecule has 7 nitrogen and oxygen atoms in total. The topological polar surface area (TPSA) is 76.5 Å². The van der Waals surface area contributed by atoms with Crippen molar-refractivity contribution in [3.05, 3.63) is 47.3 Å². The van der Waals surface area contributed by atoms with Gasteiger partial charge in [-0.1, -0.05) is 58.1 Å². The minimum atomic E-state index is -1.05. The number of hydrogen-bond donors (Lipinski definition) is 1. The first-order valence-corrected chi connectivity index (χ1v) is 12.7. The number of aromatic nitrogens is 2. The quantitative estimate of drug-likeness (QED) is 0.672. The van der Waals surface area contributed by atoms with Gasteiger partial charge in [-0.3, -0.25) is 14.3 Å². The SMILES string of the molecule is COc1cccc(CN2C(=O)c3cc(C(C)C)nn3C[C@]2(C)C(=O)NC2CCCCCCC2)c1. The van der Waals surface area contributed by atoms with Crippen LogP contribution in [0.3, 0.4) is 0 Å². The van der Waals surface area contributed by atoms with E-state index in [1.807, 2.05) is 37.3 Å². The molecule has 7 heteroatoms. The number of nitrogens with one attached hydrogen (secondary N) is 1. The number of methoxy groups -OCH3 is 1. The number of carbonyl (C=O) groups is 2. The maximum absolute atomic E-state index is 13.8. The standard InChI is InChI=1S/C27H38N4O3/c1-19(2)23-16-24-25(32)30(17-20-11-10-14-22(15-20)34-4)27(3,18-31(24)29-23)26(33)28-21-12-8-6-5-7-9-13-21/h10-11,14-16,19,21H,5-9,12-13,17-18H2,1-4H3,(H,28,33)/t27-/m1/s1. The second kappa shape index (κ2) is 10.2. The summed E-state index contributed by atoms with van der Waals surface area (Å²) in [4.78, 5) is 29.3. The van der Waals surface area contributed by atoms with E-state index in [0.29, 0.717) is 18.8 Å². The smallest absolute Gasteiger partial charge is 0.273 e. The van der Waals surface area contributed by atoms with Gasteiger partial charge in [-0.25, -0.2) is 0 Å². The van der Waals surface area contributed by atoms with E-state index in [1.54, 1.807) is 16.7 Å². The number of amides is 2. The fourth-order valence-corrected chi connectivity index (χ4v) is 5.09. The molecule has 0 unspecified atom stereocenters. The zero-order chi connectivity index (χ0) is 24.3. The summed E-state index contributed by atoms with van der Waals surface area (Å²) in [6.07, 6.45) is 7.98. The van der Waals surface area contributed by atoms with E-state index in [-0.39, 0.29) is 23.8 Å². The Morgan fingerprint density at radius 2 is 1.88 bits per heavy atom. The molecule has 0 spiro atoms. The molecule has 1 aliphatic heterocycles. The van der Waals surface area contributed by atoms with E-state index in [0.717, 1.165) is 42.7 Å². The van der Waals surface area contributed by atoms with Gasteiger partial charge in [-0.05, 0) is 49.4 Å². The largest absolute Gasteiger partial charge is 0.497 e. The monoisotopic (exact) mass is 466 g/mol. The van der Waals surface area contributed by atoms with Crippen molar-refractivity contribution < 1.29 is 14.3 Å². The summed E-state index contributed by atoms with van der Waals surface area (Å²) in [6.45, 7) is 6.67. The van der Waals surface area contributed by atoms with E-state index in [2.05, 4.69) is 19.2 Å². The van der Waals surface area contributed by atoms with Crippen LogP contribution in [-0.2, 0) is 17.9 Å². The average Bonchev–Trinajstić information content (AvgIpc) is 3.22. The molecule has 0 bridgehead atoms. The van der Waals surface area contributed by atoms with Crippen LogP contribution in [0.1, 0.15) is 93.4 Å². The van der Waals surface area contributed by atoms with Crippen LogP contribution in [0.15, 0.2) is 30.3 Å². The Labute approximate surface area is 202 Å². The van der Waals surface area contributed by atoms with E-state index in [9.17, 15) is 9.59 Å². The molecule has 1 aromatic carbocycles. The van der Waals surface area contributed by atoms with Gasteiger partial charge in [-0.15, -0.1) is 0 Å². The summed E-state index contributed by atoms with van der Waals surface area (Å²) < 4.78 is 7.12. The van der Waals surface area contributed by atoms with Gasteiger partial charge in [0, 0.05) is 12.6 Å². The van der Waals surface area contributed by atoms with Gasteiger partial charge in [-0.2, -0.15) is 5.10 Å². The van der Waals surface area contributed by atoms with Crippen LogP contribution in [-0.4, -0.2) is 45.2 Å². The van der Waals surface area contributed by atoms with Crippen LogP contribution >= 0.6 is 0 Å². The van der Waals surface area contributed by atoms with Crippen molar-refractivity contribution in [2.75, 3.05) is 7.11 Å². The van der Waals surface area contributed by atoms with Crippen LogP contribution in [0.2, 0.25) is 0 Å². The molecule has 2 heterocycles. The average molecular weight is 467 g/mol. The molecule has 2 aromatic rings. The lowest BCUT2D eigenvalue weighted by Gasteiger charge is -2.44. The molecule has 4 rings (SSSR count). The maximum Gasteiger partial charge on any atom is 0.273 e. The Bertz CT molecular complexity index is 1020. The minimum Gasteiger partial charge on any atom is -0.497 e. The van der Waals surface area contributed by atoms with Crippen molar-refractivity contribution in [3.8, 4) is 5.75 Å². The lowest BCUT2D eigenvalue weighted by atomic mass is 9.91. The van der Waals surface area contributed by atoms with Gasteiger partial charge in [0.25, 0.3) is 5.91 Å². The lowest BCUT2D eigenvalue weighted by molar-refractivity contribution is -0.134. The number of nitrogens with zero attached hydrogens (tertiary/aromatic N) is 3. The van der Waals surface area contributed by atoms with Gasteiger partial charge >= 0.3 is 0 Å². The second-order valence-electron chi connectivity index (χ2n) is 10.3. The number of rotatable bonds is 6. The molecular formula is C27H38N4O3. The van der Waals surface area contributed by atoms with Crippen molar-refractivity contribution >= 4 is 11.8 Å². The minimum absolute atomic E-state index is 0.0958. The Morgan fingerprint density at radius 3 is 2.56 bits per heavy atom. The first-order chi connectivity index (χ1) is 16.3. The highest BCUT2D eigenvalue weighted by Gasteiger charge is 2.48. The van der Waals surface area contributed by atoms with Crippen molar-refractivity contribution in [2.24, 2.45) is 0 Å². The Morgan fingerprint density at radius 1 is 1.18 bits per heavy atom. The molecule has 0 radical (unpaired) electrons. The summed E-state index contributed by atoms with van der Waals surface area (Å²) in [5.74, 6) is 0.674. The Hall–Kier alpha value is -2.83. The zero-order valence-electron chi connectivity index (χ0n) is 21.0. The van der Waals surface area contributed by atoms with E-state index in [4.69, 9.17) is 9.84 Å². The molecule has 2 amide bonds.